The topological polar surface area (TPSA) is 224 Å². The Bertz CT molecular complexity index is 3090. The maximum Gasteiger partial charge on any atom is 0.247 e. The number of anilines is 3. The predicted molar refractivity (Wildman–Crippen MR) is 306 cm³/mol. The number of fused-ring (bicyclic) bond motifs is 1. The fourth-order valence-electron chi connectivity index (χ4n) is 10.1. The van der Waals surface area contributed by atoms with Gasteiger partial charge < -0.3 is 36.2 Å². The number of aromatic nitrogens is 4. The molecule has 2 aliphatic rings. The van der Waals surface area contributed by atoms with Crippen LogP contribution in [0.2, 0.25) is 0 Å². The molecule has 416 valence electrons. The Morgan fingerprint density at radius 1 is 0.795 bits per heavy atom. The van der Waals surface area contributed by atoms with Gasteiger partial charge in [0.25, 0.3) is 0 Å². The van der Waals surface area contributed by atoms with Crippen molar-refractivity contribution < 1.29 is 32.7 Å². The second kappa shape index (κ2) is 26.3. The van der Waals surface area contributed by atoms with E-state index in [2.05, 4.69) is 58.3 Å². The normalized spacial score (nSPS) is 16.5. The van der Waals surface area contributed by atoms with E-state index in [0.29, 0.717) is 37.5 Å². The summed E-state index contributed by atoms with van der Waals surface area (Å²) in [6.45, 7) is 12.2. The van der Waals surface area contributed by atoms with Gasteiger partial charge >= 0.3 is 0 Å². The summed E-state index contributed by atoms with van der Waals surface area (Å²) in [5.74, 6) is -0.394. The second-order valence-electron chi connectivity index (χ2n) is 21.7. The van der Waals surface area contributed by atoms with Crippen molar-refractivity contribution in [3.05, 3.63) is 108 Å². The SMILES string of the molecule is Cc1ncsc1-c1ccc(CNC(=O)[C@@H]2C[C@@H](O)CN2C(=O)[C@@H](NC(=O)CCCCCCCCCCNC(=O)CN2CCN(c3ccc(Nc4nc5cccc(-c6ccc(S(C)(=O)=O)cc6)n5n4)cc3)CC2)C(C)(C)C)cc1. The van der Waals surface area contributed by atoms with Crippen LogP contribution in [-0.4, -0.2) is 137 Å². The molecule has 0 radical (unpaired) electrons. The van der Waals surface area contributed by atoms with Crippen molar-refractivity contribution in [2.45, 2.75) is 122 Å². The smallest absolute Gasteiger partial charge is 0.247 e. The molecule has 6 aromatic rings. The highest BCUT2D eigenvalue weighted by atomic mass is 32.2. The number of pyridine rings is 1. The van der Waals surface area contributed by atoms with Crippen LogP contribution in [0.4, 0.5) is 17.3 Å². The molecule has 0 unspecified atom stereocenters. The zero-order valence-corrected chi connectivity index (χ0v) is 47.2. The molecule has 8 rings (SSSR count). The van der Waals surface area contributed by atoms with Crippen LogP contribution in [-0.2, 0) is 35.6 Å². The minimum absolute atomic E-state index is 0.0301. The first-order valence-corrected chi connectivity index (χ1v) is 30.0. The van der Waals surface area contributed by atoms with E-state index in [-0.39, 0.29) is 48.0 Å². The number of aliphatic hydroxyl groups excluding tert-OH is 1. The summed E-state index contributed by atoms with van der Waals surface area (Å²) in [7, 11) is -3.30. The lowest BCUT2D eigenvalue weighted by Gasteiger charge is -2.35. The Labute approximate surface area is 462 Å². The third-order valence-corrected chi connectivity index (χ3v) is 16.6. The van der Waals surface area contributed by atoms with Gasteiger partial charge in [-0.05, 0) is 84.8 Å². The number of carbonyl (C=O) groups excluding carboxylic acids is 4. The molecule has 0 aliphatic carbocycles. The number of piperazine rings is 1. The van der Waals surface area contributed by atoms with Crippen molar-refractivity contribution >= 4 is 67.8 Å². The minimum Gasteiger partial charge on any atom is -0.391 e. The highest BCUT2D eigenvalue weighted by Crippen LogP contribution is 2.30. The molecule has 4 amide bonds. The van der Waals surface area contributed by atoms with E-state index in [1.807, 2.05) is 87.8 Å². The van der Waals surface area contributed by atoms with E-state index in [4.69, 9.17) is 0 Å². The molecule has 0 spiro atoms. The Morgan fingerprint density at radius 3 is 2.12 bits per heavy atom. The third kappa shape index (κ3) is 15.5. The van der Waals surface area contributed by atoms with Crippen molar-refractivity contribution in [2.24, 2.45) is 5.41 Å². The van der Waals surface area contributed by atoms with Crippen LogP contribution in [0, 0.1) is 12.3 Å². The van der Waals surface area contributed by atoms with Gasteiger partial charge in [-0.25, -0.2) is 17.9 Å². The van der Waals surface area contributed by atoms with Crippen LogP contribution in [0.5, 0.6) is 0 Å². The molecular formula is C58H75N11O7S2. The number of aliphatic hydroxyl groups is 1. The number of sulfone groups is 1. The van der Waals surface area contributed by atoms with Crippen molar-refractivity contribution in [2.75, 3.05) is 62.3 Å². The number of aryl methyl sites for hydroxylation is 1. The van der Waals surface area contributed by atoms with Crippen molar-refractivity contribution in [1.82, 2.24) is 45.3 Å². The Balaban J connectivity index is 0.658. The van der Waals surface area contributed by atoms with Gasteiger partial charge in [-0.1, -0.05) is 102 Å². The highest BCUT2D eigenvalue weighted by Gasteiger charge is 2.44. The summed E-state index contributed by atoms with van der Waals surface area (Å²) in [5, 5.41) is 27.6. The van der Waals surface area contributed by atoms with Crippen LogP contribution < -0.4 is 26.2 Å². The average Bonchev–Trinajstić information content (AvgIpc) is 4.18. The van der Waals surface area contributed by atoms with Gasteiger partial charge in [-0.3, -0.25) is 24.1 Å². The van der Waals surface area contributed by atoms with Gasteiger partial charge in [-0.2, -0.15) is 4.98 Å². The summed E-state index contributed by atoms with van der Waals surface area (Å²) in [6.07, 6.45) is 8.65. The first-order chi connectivity index (χ1) is 37.4. The molecule has 78 heavy (non-hydrogen) atoms. The van der Waals surface area contributed by atoms with Gasteiger partial charge in [0.1, 0.15) is 12.1 Å². The standard InChI is InChI=1S/C58H75N11O7S2/c1-40-53(77-39-61-40)43-20-18-41(19-21-43)36-60-55(73)49-35-46(70)37-68(49)56(74)54(58(2,3)4)64-51(71)17-12-10-8-6-7-9-11-13-30-59-52(72)38-66-31-33-67(34-32-66)45-26-24-44(25-27-45)62-57-63-50-16-14-15-48(69(50)65-57)42-22-28-47(29-23-42)78(5,75)76/h14-16,18-29,39,46,49,54,70H,6-13,17,30-38H2,1-5H3,(H,59,72)(H,60,73)(H,62,65)(H,64,71)/t46-,49+,54-/m1/s1. The molecule has 0 bridgehead atoms. The molecule has 3 aromatic carbocycles. The fourth-order valence-corrected chi connectivity index (χ4v) is 11.5. The van der Waals surface area contributed by atoms with Crippen LogP contribution in [0.3, 0.4) is 0 Å². The Hall–Kier alpha value is -6.74. The number of nitrogens with zero attached hydrogens (tertiary/aromatic N) is 7. The van der Waals surface area contributed by atoms with Crippen molar-refractivity contribution in [1.29, 1.82) is 0 Å². The zero-order chi connectivity index (χ0) is 55.4. The summed E-state index contributed by atoms with van der Waals surface area (Å²) in [6, 6.07) is 26.8. The second-order valence-corrected chi connectivity index (χ2v) is 24.6. The first-order valence-electron chi connectivity index (χ1n) is 27.2. The van der Waals surface area contributed by atoms with Crippen LogP contribution >= 0.6 is 11.3 Å². The molecule has 2 fully saturated rings. The number of rotatable bonds is 24. The van der Waals surface area contributed by atoms with Crippen molar-refractivity contribution in [3.8, 4) is 21.7 Å². The Morgan fingerprint density at radius 2 is 1.46 bits per heavy atom. The van der Waals surface area contributed by atoms with Crippen LogP contribution in [0.15, 0.2) is 101 Å². The molecule has 2 aliphatic heterocycles. The van der Waals surface area contributed by atoms with E-state index < -0.39 is 33.4 Å². The van der Waals surface area contributed by atoms with E-state index in [9.17, 15) is 32.7 Å². The number of thiazole rings is 1. The molecule has 3 atom stereocenters. The van der Waals surface area contributed by atoms with Crippen molar-refractivity contribution in [3.63, 3.8) is 0 Å². The number of benzene rings is 3. The molecule has 0 saturated carbocycles. The van der Waals surface area contributed by atoms with Gasteiger partial charge in [0, 0.05) is 81.8 Å². The molecule has 2 saturated heterocycles. The number of hydrogen-bond acceptors (Lipinski definition) is 14. The summed E-state index contributed by atoms with van der Waals surface area (Å²) >= 11 is 1.58. The van der Waals surface area contributed by atoms with E-state index in [0.717, 1.165) is 115 Å². The van der Waals surface area contributed by atoms with Gasteiger partial charge in [-0.15, -0.1) is 16.4 Å². The van der Waals surface area contributed by atoms with Crippen LogP contribution in [0.25, 0.3) is 27.3 Å². The van der Waals surface area contributed by atoms with Gasteiger partial charge in [0.05, 0.1) is 39.3 Å². The molecule has 3 aromatic heterocycles. The Kier molecular flexibility index (Phi) is 19.3. The fraction of sp³-hybridized carbons (Fsp3) is 0.466. The first kappa shape index (κ1) is 57.4. The van der Waals surface area contributed by atoms with Crippen LogP contribution in [0.1, 0.15) is 96.2 Å². The highest BCUT2D eigenvalue weighted by molar-refractivity contribution is 7.90. The zero-order valence-electron chi connectivity index (χ0n) is 45.5. The largest absolute Gasteiger partial charge is 0.391 e. The van der Waals surface area contributed by atoms with Gasteiger partial charge in [0.2, 0.25) is 29.6 Å². The lowest BCUT2D eigenvalue weighted by atomic mass is 9.85. The number of nitrogens with one attached hydrogen (secondary N) is 4. The number of amides is 4. The number of unbranched alkanes of at least 4 members (excludes halogenated alkanes) is 7. The lowest BCUT2D eigenvalue weighted by Crippen LogP contribution is -2.57. The van der Waals surface area contributed by atoms with E-state index in [1.165, 1.54) is 11.2 Å². The average molecular weight is 1100 g/mol. The summed E-state index contributed by atoms with van der Waals surface area (Å²) in [5.41, 5.74) is 8.37. The molecular weight excluding hydrogens is 1030 g/mol. The molecule has 20 heteroatoms. The predicted octanol–water partition coefficient (Wildman–Crippen LogP) is 7.53. The third-order valence-electron chi connectivity index (χ3n) is 14.5. The molecule has 18 nitrogen and oxygen atoms in total. The summed E-state index contributed by atoms with van der Waals surface area (Å²) < 4.78 is 25.6. The maximum atomic E-state index is 14.0. The summed E-state index contributed by atoms with van der Waals surface area (Å²) in [4.78, 5) is 69.8. The number of carbonyl (C=O) groups is 4. The minimum atomic E-state index is -3.30. The number of hydrogen-bond donors (Lipinski definition) is 5. The van der Waals surface area contributed by atoms with E-state index in [1.54, 1.807) is 40.1 Å². The van der Waals surface area contributed by atoms with E-state index >= 15 is 0 Å². The monoisotopic (exact) mass is 1100 g/mol. The maximum absolute atomic E-state index is 14.0. The molecule has 5 N–H and O–H groups in total. The quantitative estimate of drug-likeness (QED) is 0.0370. The number of β-amino-alcohol motifs (C(OH)–C–C–N with tert-alkyl or cyclic N) is 1. The molecule has 5 heterocycles. The lowest BCUT2D eigenvalue weighted by molar-refractivity contribution is -0.144. The number of likely N-dealkylation sites (tertiary alicyclic amines) is 1. The van der Waals surface area contributed by atoms with Gasteiger partial charge in [0.15, 0.2) is 15.5 Å².